The summed E-state index contributed by atoms with van der Waals surface area (Å²) in [6.45, 7) is 2.42. The minimum absolute atomic E-state index is 0.143. The van der Waals surface area contributed by atoms with Crippen molar-refractivity contribution in [3.63, 3.8) is 0 Å². The largest absolute Gasteiger partial charge is 0.477 e. The normalized spacial score (nSPS) is 11.6. The van der Waals surface area contributed by atoms with Crippen LogP contribution in [0.2, 0.25) is 0 Å². The van der Waals surface area contributed by atoms with E-state index in [0.717, 1.165) is 37.0 Å². The van der Waals surface area contributed by atoms with Crippen molar-refractivity contribution in [2.75, 3.05) is 6.54 Å². The third-order valence-electron chi connectivity index (χ3n) is 2.44. The van der Waals surface area contributed by atoms with Gasteiger partial charge in [0, 0.05) is 6.54 Å². The van der Waals surface area contributed by atoms with Crippen molar-refractivity contribution in [3.05, 3.63) is 16.3 Å². The number of rotatable bonds is 8. The second-order valence-electron chi connectivity index (χ2n) is 3.88. The Hall–Kier alpha value is -0.920. The topological polar surface area (TPSA) is 83.5 Å². The molecule has 0 fully saturated rings. The molecule has 18 heavy (non-hydrogen) atoms. The van der Waals surface area contributed by atoms with E-state index in [4.69, 9.17) is 5.11 Å². The van der Waals surface area contributed by atoms with Gasteiger partial charge in [0.05, 0.1) is 0 Å². The van der Waals surface area contributed by atoms with E-state index in [0.29, 0.717) is 6.54 Å². The molecule has 102 valence electrons. The van der Waals surface area contributed by atoms with E-state index in [9.17, 15) is 13.2 Å². The van der Waals surface area contributed by atoms with Gasteiger partial charge in [0.1, 0.15) is 9.77 Å². The zero-order valence-corrected chi connectivity index (χ0v) is 11.8. The van der Waals surface area contributed by atoms with Crippen molar-refractivity contribution < 1.29 is 18.3 Å². The highest BCUT2D eigenvalue weighted by Gasteiger charge is 2.22. The Labute approximate surface area is 111 Å². The highest BCUT2D eigenvalue weighted by Crippen LogP contribution is 2.21. The molecule has 0 aliphatic rings. The summed E-state index contributed by atoms with van der Waals surface area (Å²) < 4.78 is 26.2. The molecule has 0 saturated carbocycles. The van der Waals surface area contributed by atoms with Crippen LogP contribution in [0, 0.1) is 0 Å². The zero-order valence-electron chi connectivity index (χ0n) is 10.2. The Balaban J connectivity index is 2.63. The van der Waals surface area contributed by atoms with Gasteiger partial charge in [-0.25, -0.2) is 17.9 Å². The fourth-order valence-electron chi connectivity index (χ4n) is 1.50. The van der Waals surface area contributed by atoms with Gasteiger partial charge in [-0.15, -0.1) is 11.3 Å². The van der Waals surface area contributed by atoms with E-state index < -0.39 is 16.0 Å². The van der Waals surface area contributed by atoms with Gasteiger partial charge in [-0.05, 0) is 17.9 Å². The van der Waals surface area contributed by atoms with Gasteiger partial charge < -0.3 is 5.11 Å². The smallest absolute Gasteiger partial charge is 0.347 e. The lowest BCUT2D eigenvalue weighted by molar-refractivity contribution is 0.0698. The summed E-state index contributed by atoms with van der Waals surface area (Å²) >= 11 is 0.913. The molecule has 1 rings (SSSR count). The molecule has 1 aromatic rings. The van der Waals surface area contributed by atoms with Crippen LogP contribution in [0.4, 0.5) is 0 Å². The molecule has 1 aromatic heterocycles. The summed E-state index contributed by atoms with van der Waals surface area (Å²) in [5, 5.41) is 10.3. The average molecular weight is 291 g/mol. The number of thiophene rings is 1. The first-order chi connectivity index (χ1) is 8.49. The average Bonchev–Trinajstić information content (AvgIpc) is 2.78. The maximum atomic E-state index is 11.9. The highest BCUT2D eigenvalue weighted by atomic mass is 32.2. The van der Waals surface area contributed by atoms with Crippen LogP contribution in [-0.4, -0.2) is 26.0 Å². The number of hydrogen-bond acceptors (Lipinski definition) is 4. The molecule has 0 radical (unpaired) electrons. The van der Waals surface area contributed by atoms with E-state index in [1.807, 2.05) is 0 Å². The van der Waals surface area contributed by atoms with Crippen molar-refractivity contribution >= 4 is 27.3 Å². The summed E-state index contributed by atoms with van der Waals surface area (Å²) in [6.07, 6.45) is 3.88. The summed E-state index contributed by atoms with van der Waals surface area (Å²) in [4.78, 5) is 10.6. The van der Waals surface area contributed by atoms with Gasteiger partial charge in [-0.1, -0.05) is 26.2 Å². The molecule has 7 heteroatoms. The molecule has 2 N–H and O–H groups in total. The summed E-state index contributed by atoms with van der Waals surface area (Å²) in [5.41, 5.74) is 0. The van der Waals surface area contributed by atoms with Gasteiger partial charge >= 0.3 is 5.97 Å². The van der Waals surface area contributed by atoms with Crippen LogP contribution in [0.3, 0.4) is 0 Å². The van der Waals surface area contributed by atoms with Crippen molar-refractivity contribution in [2.24, 2.45) is 0 Å². The number of sulfonamides is 1. The Kier molecular flexibility index (Phi) is 5.77. The van der Waals surface area contributed by atoms with Crippen molar-refractivity contribution in [3.8, 4) is 0 Å². The fourth-order valence-corrected chi connectivity index (χ4v) is 3.83. The Morgan fingerprint density at radius 2 is 2.11 bits per heavy atom. The monoisotopic (exact) mass is 291 g/mol. The number of nitrogens with one attached hydrogen (secondary N) is 1. The van der Waals surface area contributed by atoms with Crippen LogP contribution in [0.5, 0.6) is 0 Å². The van der Waals surface area contributed by atoms with E-state index in [2.05, 4.69) is 11.6 Å². The van der Waals surface area contributed by atoms with Gasteiger partial charge in [0.25, 0.3) is 0 Å². The zero-order chi connectivity index (χ0) is 13.6. The predicted octanol–water partition coefficient (Wildman–Crippen LogP) is 2.30. The second-order valence-corrected chi connectivity index (χ2v) is 6.53. The molecule has 0 unspecified atom stereocenters. The number of aromatic carboxylic acids is 1. The number of carboxylic acids is 1. The first-order valence-electron chi connectivity index (χ1n) is 5.79. The van der Waals surface area contributed by atoms with E-state index in [1.165, 1.54) is 11.4 Å². The maximum absolute atomic E-state index is 11.9. The predicted molar refractivity (Wildman–Crippen MR) is 70.6 cm³/mol. The standard InChI is InChI=1S/C11H17NO4S2/c1-2-3-4-5-7-12-18(15,16)9-6-8-17-10(9)11(13)14/h6,8,12H,2-5,7H2,1H3,(H,13,14). The molecular formula is C11H17NO4S2. The Morgan fingerprint density at radius 1 is 1.39 bits per heavy atom. The molecular weight excluding hydrogens is 274 g/mol. The lowest BCUT2D eigenvalue weighted by Gasteiger charge is -2.05. The lowest BCUT2D eigenvalue weighted by Crippen LogP contribution is -2.25. The van der Waals surface area contributed by atoms with E-state index >= 15 is 0 Å². The summed E-state index contributed by atoms with van der Waals surface area (Å²) in [5.74, 6) is -1.21. The molecule has 5 nitrogen and oxygen atoms in total. The minimum Gasteiger partial charge on any atom is -0.477 e. The fraction of sp³-hybridized carbons (Fsp3) is 0.545. The molecule has 1 heterocycles. The Bertz CT molecular complexity index is 493. The Morgan fingerprint density at radius 3 is 2.72 bits per heavy atom. The molecule has 0 saturated heterocycles. The van der Waals surface area contributed by atoms with Crippen LogP contribution < -0.4 is 4.72 Å². The van der Waals surface area contributed by atoms with Crippen molar-refractivity contribution in [1.29, 1.82) is 0 Å². The summed E-state index contributed by atoms with van der Waals surface area (Å²) in [7, 11) is -3.70. The van der Waals surface area contributed by atoms with Crippen LogP contribution in [-0.2, 0) is 10.0 Å². The molecule has 0 bridgehead atoms. The third-order valence-corrected chi connectivity index (χ3v) is 4.97. The van der Waals surface area contributed by atoms with E-state index in [-0.39, 0.29) is 9.77 Å². The van der Waals surface area contributed by atoms with E-state index in [1.54, 1.807) is 0 Å². The first-order valence-corrected chi connectivity index (χ1v) is 8.15. The van der Waals surface area contributed by atoms with Gasteiger partial charge in [0.2, 0.25) is 10.0 Å². The van der Waals surface area contributed by atoms with Crippen LogP contribution >= 0.6 is 11.3 Å². The molecule has 0 amide bonds. The molecule has 0 spiro atoms. The number of hydrogen-bond donors (Lipinski definition) is 2. The number of unbranched alkanes of at least 4 members (excludes halogenated alkanes) is 3. The number of carboxylic acid groups (broad SMARTS) is 1. The quantitative estimate of drug-likeness (QED) is 0.720. The molecule has 0 aliphatic heterocycles. The van der Waals surface area contributed by atoms with Gasteiger partial charge in [-0.3, -0.25) is 0 Å². The van der Waals surface area contributed by atoms with Crippen LogP contribution in [0.25, 0.3) is 0 Å². The molecule has 0 atom stereocenters. The van der Waals surface area contributed by atoms with Crippen molar-refractivity contribution in [2.45, 2.75) is 37.5 Å². The lowest BCUT2D eigenvalue weighted by atomic mass is 10.2. The minimum atomic E-state index is -3.70. The number of carbonyl (C=O) groups is 1. The second kappa shape index (κ2) is 6.86. The van der Waals surface area contributed by atoms with Crippen molar-refractivity contribution in [1.82, 2.24) is 4.72 Å². The van der Waals surface area contributed by atoms with Gasteiger partial charge in [0.15, 0.2) is 0 Å². The molecule has 0 aliphatic carbocycles. The highest BCUT2D eigenvalue weighted by molar-refractivity contribution is 7.89. The SMILES string of the molecule is CCCCCCNS(=O)(=O)c1ccsc1C(=O)O. The molecule has 0 aromatic carbocycles. The van der Waals surface area contributed by atoms with Crippen LogP contribution in [0.1, 0.15) is 42.3 Å². The maximum Gasteiger partial charge on any atom is 0.347 e. The third kappa shape index (κ3) is 4.08. The van der Waals surface area contributed by atoms with Crippen LogP contribution in [0.15, 0.2) is 16.3 Å². The van der Waals surface area contributed by atoms with Gasteiger partial charge in [-0.2, -0.15) is 0 Å². The first kappa shape index (κ1) is 15.1. The summed E-state index contributed by atoms with van der Waals surface area (Å²) in [6, 6.07) is 1.32.